The molecule has 0 unspecified atom stereocenters. The lowest BCUT2D eigenvalue weighted by molar-refractivity contribution is 0.0894. The molecule has 2 aromatic heterocycles. The number of nitrogens with one attached hydrogen (secondary N) is 2. The fourth-order valence-corrected chi connectivity index (χ4v) is 4.02. The highest BCUT2D eigenvalue weighted by atomic mass is 16.1. The van der Waals surface area contributed by atoms with E-state index in [0.29, 0.717) is 13.1 Å². The van der Waals surface area contributed by atoms with Gasteiger partial charge in [0.1, 0.15) is 0 Å². The molecule has 0 atom stereocenters. The molecule has 0 saturated heterocycles. The standard InChI is InChI=1S/C25H22N4O/c30-22-17-29(15-18-7-3-1-4-8-18)16-21-23(22)25(27-20-9-5-2-6-10-20)24(28-21)19-11-13-26-14-12-19/h1-14,27-28H,15-17H2. The molecule has 4 aromatic rings. The molecule has 3 heterocycles. The van der Waals surface area contributed by atoms with E-state index in [0.717, 1.165) is 40.4 Å². The van der Waals surface area contributed by atoms with Gasteiger partial charge >= 0.3 is 0 Å². The number of H-pyrrole nitrogens is 1. The van der Waals surface area contributed by atoms with E-state index in [1.165, 1.54) is 5.56 Å². The number of benzene rings is 2. The van der Waals surface area contributed by atoms with Gasteiger partial charge in [-0.3, -0.25) is 14.7 Å². The van der Waals surface area contributed by atoms with Crippen LogP contribution >= 0.6 is 0 Å². The van der Waals surface area contributed by atoms with E-state index in [9.17, 15) is 4.79 Å². The first-order valence-electron chi connectivity index (χ1n) is 10.0. The van der Waals surface area contributed by atoms with Crippen molar-refractivity contribution in [2.75, 3.05) is 11.9 Å². The quantitative estimate of drug-likeness (QED) is 0.499. The molecule has 148 valence electrons. The van der Waals surface area contributed by atoms with Gasteiger partial charge in [0.05, 0.1) is 23.5 Å². The summed E-state index contributed by atoms with van der Waals surface area (Å²) in [6.07, 6.45) is 3.54. The fourth-order valence-electron chi connectivity index (χ4n) is 4.02. The van der Waals surface area contributed by atoms with Crippen LogP contribution < -0.4 is 5.32 Å². The van der Waals surface area contributed by atoms with Crippen molar-refractivity contribution >= 4 is 17.2 Å². The third-order valence-electron chi connectivity index (χ3n) is 5.37. The molecule has 0 radical (unpaired) electrons. The van der Waals surface area contributed by atoms with Gasteiger partial charge in [-0.2, -0.15) is 0 Å². The molecule has 1 aliphatic heterocycles. The molecule has 2 aromatic carbocycles. The Labute approximate surface area is 175 Å². The number of hydrogen-bond donors (Lipinski definition) is 2. The number of anilines is 2. The highest BCUT2D eigenvalue weighted by Crippen LogP contribution is 2.38. The molecular weight excluding hydrogens is 372 g/mol. The van der Waals surface area contributed by atoms with Gasteiger partial charge in [0.15, 0.2) is 5.78 Å². The highest BCUT2D eigenvalue weighted by Gasteiger charge is 2.30. The summed E-state index contributed by atoms with van der Waals surface area (Å²) in [5, 5.41) is 3.48. The molecule has 30 heavy (non-hydrogen) atoms. The average molecular weight is 394 g/mol. The van der Waals surface area contributed by atoms with Crippen LogP contribution in [0.5, 0.6) is 0 Å². The first kappa shape index (κ1) is 18.3. The number of carbonyl (C=O) groups is 1. The summed E-state index contributed by atoms with van der Waals surface area (Å²) in [6, 6.07) is 24.1. The highest BCUT2D eigenvalue weighted by molar-refractivity contribution is 6.08. The van der Waals surface area contributed by atoms with Crippen molar-refractivity contribution in [3.63, 3.8) is 0 Å². The van der Waals surface area contributed by atoms with E-state index in [-0.39, 0.29) is 5.78 Å². The predicted octanol–water partition coefficient (Wildman–Crippen LogP) is 5.02. The van der Waals surface area contributed by atoms with Gasteiger partial charge in [-0.15, -0.1) is 0 Å². The molecule has 0 amide bonds. The average Bonchev–Trinajstić information content (AvgIpc) is 3.14. The Hall–Kier alpha value is -3.70. The molecule has 2 N–H and O–H groups in total. The van der Waals surface area contributed by atoms with E-state index < -0.39 is 0 Å². The number of ketones is 1. The molecule has 0 saturated carbocycles. The molecule has 5 nitrogen and oxygen atoms in total. The largest absolute Gasteiger partial charge is 0.355 e. The molecule has 0 spiro atoms. The topological polar surface area (TPSA) is 61.0 Å². The minimum Gasteiger partial charge on any atom is -0.355 e. The van der Waals surface area contributed by atoms with Gasteiger partial charge in [-0.25, -0.2) is 0 Å². The Morgan fingerprint density at radius 1 is 0.900 bits per heavy atom. The van der Waals surface area contributed by atoms with Crippen LogP contribution in [0.15, 0.2) is 85.2 Å². The lowest BCUT2D eigenvalue weighted by Gasteiger charge is -2.26. The number of hydrogen-bond acceptors (Lipinski definition) is 4. The molecule has 5 heteroatoms. The molecule has 5 rings (SSSR count). The molecule has 0 bridgehead atoms. The second kappa shape index (κ2) is 7.97. The van der Waals surface area contributed by atoms with Gasteiger partial charge in [0.25, 0.3) is 0 Å². The number of rotatable bonds is 5. The van der Waals surface area contributed by atoms with Crippen molar-refractivity contribution in [1.82, 2.24) is 14.9 Å². The van der Waals surface area contributed by atoms with E-state index >= 15 is 0 Å². The maximum absolute atomic E-state index is 13.2. The number of carbonyl (C=O) groups excluding carboxylic acids is 1. The van der Waals surface area contributed by atoms with Crippen LogP contribution in [0.3, 0.4) is 0 Å². The number of Topliss-reactive ketones (excluding diaryl/α,β-unsaturated/α-hetero) is 1. The van der Waals surface area contributed by atoms with Gasteiger partial charge in [-0.1, -0.05) is 48.5 Å². The summed E-state index contributed by atoms with van der Waals surface area (Å²) in [5.41, 5.74) is 6.63. The Bertz CT molecular complexity index is 1150. The van der Waals surface area contributed by atoms with Crippen molar-refractivity contribution in [3.05, 3.63) is 102 Å². The lowest BCUT2D eigenvalue weighted by atomic mass is 10.0. The lowest BCUT2D eigenvalue weighted by Crippen LogP contribution is -2.34. The Morgan fingerprint density at radius 3 is 2.33 bits per heavy atom. The smallest absolute Gasteiger partial charge is 0.180 e. The number of fused-ring (bicyclic) bond motifs is 1. The summed E-state index contributed by atoms with van der Waals surface area (Å²) < 4.78 is 0. The second-order valence-electron chi connectivity index (χ2n) is 7.51. The minimum atomic E-state index is 0.127. The van der Waals surface area contributed by atoms with Gasteiger partial charge in [-0.05, 0) is 29.8 Å². The van der Waals surface area contributed by atoms with Crippen LogP contribution in [0.1, 0.15) is 21.6 Å². The summed E-state index contributed by atoms with van der Waals surface area (Å²) in [6.45, 7) is 1.85. The molecule has 0 fully saturated rings. The Kier molecular flexibility index (Phi) is 4.87. The van der Waals surface area contributed by atoms with Crippen LogP contribution in [0.4, 0.5) is 11.4 Å². The maximum atomic E-state index is 13.2. The van der Waals surface area contributed by atoms with Crippen LogP contribution in [0.25, 0.3) is 11.3 Å². The monoisotopic (exact) mass is 394 g/mol. The fraction of sp³-hybridized carbons (Fsp3) is 0.120. The second-order valence-corrected chi connectivity index (χ2v) is 7.51. The summed E-state index contributed by atoms with van der Waals surface area (Å²) in [5.74, 6) is 0.127. The van der Waals surface area contributed by atoms with Crippen molar-refractivity contribution in [2.24, 2.45) is 0 Å². The van der Waals surface area contributed by atoms with Gasteiger partial charge < -0.3 is 10.3 Å². The van der Waals surface area contributed by atoms with Gasteiger partial charge in [0, 0.05) is 42.4 Å². The summed E-state index contributed by atoms with van der Waals surface area (Å²) in [4.78, 5) is 23.1. The number of aromatic amines is 1. The van der Waals surface area contributed by atoms with Crippen molar-refractivity contribution in [2.45, 2.75) is 13.1 Å². The van der Waals surface area contributed by atoms with Crippen LogP contribution in [-0.4, -0.2) is 27.2 Å². The normalized spacial score (nSPS) is 13.8. The number of aromatic nitrogens is 2. The molecular formula is C25H22N4O. The van der Waals surface area contributed by atoms with Crippen molar-refractivity contribution in [1.29, 1.82) is 0 Å². The van der Waals surface area contributed by atoms with Crippen LogP contribution in [-0.2, 0) is 13.1 Å². The zero-order valence-electron chi connectivity index (χ0n) is 16.5. The van der Waals surface area contributed by atoms with Crippen LogP contribution in [0, 0.1) is 0 Å². The predicted molar refractivity (Wildman–Crippen MR) is 119 cm³/mol. The zero-order chi connectivity index (χ0) is 20.3. The van der Waals surface area contributed by atoms with E-state index in [4.69, 9.17) is 0 Å². The minimum absolute atomic E-state index is 0.127. The third-order valence-corrected chi connectivity index (χ3v) is 5.37. The third kappa shape index (κ3) is 3.63. The number of nitrogens with zero attached hydrogens (tertiary/aromatic N) is 2. The van der Waals surface area contributed by atoms with Crippen molar-refractivity contribution in [3.8, 4) is 11.3 Å². The first-order valence-corrected chi connectivity index (χ1v) is 10.0. The van der Waals surface area contributed by atoms with Crippen molar-refractivity contribution < 1.29 is 4.79 Å². The SMILES string of the molecule is O=C1CN(Cc2ccccc2)Cc2[nH]c(-c3ccncc3)c(Nc3ccccc3)c21. The van der Waals surface area contributed by atoms with E-state index in [1.54, 1.807) is 12.4 Å². The molecule has 0 aliphatic carbocycles. The molecule has 1 aliphatic rings. The zero-order valence-corrected chi connectivity index (χ0v) is 16.5. The van der Waals surface area contributed by atoms with Gasteiger partial charge in [0.2, 0.25) is 0 Å². The first-order chi connectivity index (χ1) is 14.8. The summed E-state index contributed by atoms with van der Waals surface area (Å²) >= 11 is 0. The summed E-state index contributed by atoms with van der Waals surface area (Å²) in [7, 11) is 0. The Balaban J connectivity index is 1.53. The van der Waals surface area contributed by atoms with E-state index in [2.05, 4.69) is 32.3 Å². The number of para-hydroxylation sites is 1. The van der Waals surface area contributed by atoms with Crippen LogP contribution in [0.2, 0.25) is 0 Å². The van der Waals surface area contributed by atoms with E-state index in [1.807, 2.05) is 60.7 Å². The number of pyridine rings is 1. The maximum Gasteiger partial charge on any atom is 0.180 e. The Morgan fingerprint density at radius 2 is 1.60 bits per heavy atom.